The highest BCUT2D eigenvalue weighted by molar-refractivity contribution is 6.33. The number of nitrogens with zero attached hydrogens (tertiary/aromatic N) is 1. The van der Waals surface area contributed by atoms with Gasteiger partial charge in [-0.3, -0.25) is 9.78 Å². The first-order chi connectivity index (χ1) is 9.08. The molecule has 2 rings (SSSR count). The number of carbonyl (C=O) groups excluding carboxylic acids is 1. The van der Waals surface area contributed by atoms with Crippen molar-refractivity contribution in [2.75, 3.05) is 0 Å². The topological polar surface area (TPSA) is 42.0 Å². The van der Waals surface area contributed by atoms with E-state index < -0.39 is 5.82 Å². The van der Waals surface area contributed by atoms with E-state index in [2.05, 4.69) is 10.3 Å². The smallest absolute Gasteiger partial charge is 0.253 e. The molecule has 1 atom stereocenters. The van der Waals surface area contributed by atoms with Crippen LogP contribution in [0.1, 0.15) is 28.9 Å². The van der Waals surface area contributed by atoms with Crippen LogP contribution in [0.25, 0.3) is 0 Å². The largest absolute Gasteiger partial charge is 0.345 e. The van der Waals surface area contributed by atoms with Gasteiger partial charge in [0.1, 0.15) is 5.82 Å². The molecule has 0 fully saturated rings. The van der Waals surface area contributed by atoms with E-state index in [9.17, 15) is 9.18 Å². The second-order valence-corrected chi connectivity index (χ2v) is 4.51. The molecule has 1 amide bonds. The van der Waals surface area contributed by atoms with E-state index in [4.69, 9.17) is 11.6 Å². The first kappa shape index (κ1) is 13.5. The third kappa shape index (κ3) is 3.29. The summed E-state index contributed by atoms with van der Waals surface area (Å²) in [6.07, 6.45) is 3.31. The van der Waals surface area contributed by atoms with Gasteiger partial charge in [-0.2, -0.15) is 0 Å². The SMILES string of the molecule is CC(NC(=O)c1ccc(F)cc1Cl)c1ccncc1. The zero-order valence-corrected chi connectivity index (χ0v) is 11.0. The highest BCUT2D eigenvalue weighted by Crippen LogP contribution is 2.18. The Morgan fingerprint density at radius 2 is 2.00 bits per heavy atom. The number of nitrogens with one attached hydrogen (secondary N) is 1. The lowest BCUT2D eigenvalue weighted by molar-refractivity contribution is 0.0940. The number of hydrogen-bond acceptors (Lipinski definition) is 2. The summed E-state index contributed by atoms with van der Waals surface area (Å²) in [5.74, 6) is -0.807. The number of aromatic nitrogens is 1. The van der Waals surface area contributed by atoms with E-state index in [1.165, 1.54) is 12.1 Å². The third-order valence-electron chi connectivity index (χ3n) is 2.73. The minimum atomic E-state index is -0.469. The molecule has 1 aromatic carbocycles. The van der Waals surface area contributed by atoms with E-state index >= 15 is 0 Å². The van der Waals surface area contributed by atoms with Crippen LogP contribution in [-0.4, -0.2) is 10.9 Å². The second kappa shape index (κ2) is 5.80. The van der Waals surface area contributed by atoms with Crippen LogP contribution >= 0.6 is 11.6 Å². The maximum absolute atomic E-state index is 12.9. The molecule has 98 valence electrons. The van der Waals surface area contributed by atoms with Crippen molar-refractivity contribution in [2.24, 2.45) is 0 Å². The highest BCUT2D eigenvalue weighted by Gasteiger charge is 2.14. The van der Waals surface area contributed by atoms with E-state index in [1.54, 1.807) is 12.4 Å². The number of rotatable bonds is 3. The van der Waals surface area contributed by atoms with Crippen molar-refractivity contribution >= 4 is 17.5 Å². The van der Waals surface area contributed by atoms with Crippen LogP contribution < -0.4 is 5.32 Å². The number of benzene rings is 1. The quantitative estimate of drug-likeness (QED) is 0.935. The Morgan fingerprint density at radius 3 is 2.63 bits per heavy atom. The average molecular weight is 279 g/mol. The number of pyridine rings is 1. The van der Waals surface area contributed by atoms with Crippen molar-refractivity contribution in [2.45, 2.75) is 13.0 Å². The monoisotopic (exact) mass is 278 g/mol. The molecule has 1 N–H and O–H groups in total. The van der Waals surface area contributed by atoms with Crippen LogP contribution in [-0.2, 0) is 0 Å². The standard InChI is InChI=1S/C14H12ClFN2O/c1-9(10-4-6-17-7-5-10)18-14(19)12-3-2-11(16)8-13(12)15/h2-9H,1H3,(H,18,19). The van der Waals surface area contributed by atoms with Gasteiger partial charge >= 0.3 is 0 Å². The van der Waals surface area contributed by atoms with Crippen LogP contribution in [0.3, 0.4) is 0 Å². The Labute approximate surface area is 115 Å². The van der Waals surface area contributed by atoms with Crippen molar-refractivity contribution in [3.8, 4) is 0 Å². The molecule has 1 aromatic heterocycles. The molecule has 2 aromatic rings. The highest BCUT2D eigenvalue weighted by atomic mass is 35.5. The van der Waals surface area contributed by atoms with Gasteiger partial charge in [0.2, 0.25) is 0 Å². The van der Waals surface area contributed by atoms with Gasteiger partial charge in [0.15, 0.2) is 0 Å². The maximum atomic E-state index is 12.9. The van der Waals surface area contributed by atoms with E-state index in [0.717, 1.165) is 11.6 Å². The molecule has 1 unspecified atom stereocenters. The molecular formula is C14H12ClFN2O. The van der Waals surface area contributed by atoms with E-state index in [1.807, 2.05) is 19.1 Å². The summed E-state index contributed by atoms with van der Waals surface area (Å²) < 4.78 is 12.9. The zero-order valence-electron chi connectivity index (χ0n) is 10.2. The van der Waals surface area contributed by atoms with Gasteiger partial charge in [-0.05, 0) is 42.8 Å². The molecule has 0 aliphatic carbocycles. The summed E-state index contributed by atoms with van der Waals surface area (Å²) in [4.78, 5) is 15.9. The van der Waals surface area contributed by atoms with E-state index in [-0.39, 0.29) is 22.5 Å². The second-order valence-electron chi connectivity index (χ2n) is 4.10. The summed E-state index contributed by atoms with van der Waals surface area (Å²) in [7, 11) is 0. The molecule has 19 heavy (non-hydrogen) atoms. The predicted octanol–water partition coefficient (Wildman–Crippen LogP) is 3.37. The first-order valence-corrected chi connectivity index (χ1v) is 6.11. The summed E-state index contributed by atoms with van der Waals surface area (Å²) in [6, 6.07) is 7.14. The minimum absolute atomic E-state index is 0.0967. The van der Waals surface area contributed by atoms with Crippen LogP contribution in [0.2, 0.25) is 5.02 Å². The Hall–Kier alpha value is -1.94. The van der Waals surface area contributed by atoms with Crippen molar-refractivity contribution in [1.82, 2.24) is 10.3 Å². The fourth-order valence-corrected chi connectivity index (χ4v) is 1.94. The maximum Gasteiger partial charge on any atom is 0.253 e. The Balaban J connectivity index is 2.13. The Kier molecular flexibility index (Phi) is 4.12. The molecule has 3 nitrogen and oxygen atoms in total. The average Bonchev–Trinajstić information content (AvgIpc) is 2.39. The van der Waals surface area contributed by atoms with E-state index in [0.29, 0.717) is 0 Å². The molecule has 0 saturated carbocycles. The summed E-state index contributed by atoms with van der Waals surface area (Å²) in [6.45, 7) is 1.85. The third-order valence-corrected chi connectivity index (χ3v) is 3.04. The Bertz CT molecular complexity index is 589. The molecule has 5 heteroatoms. The normalized spacial score (nSPS) is 11.9. The first-order valence-electron chi connectivity index (χ1n) is 5.74. The number of hydrogen-bond donors (Lipinski definition) is 1. The number of carbonyl (C=O) groups is 1. The van der Waals surface area contributed by atoms with Gasteiger partial charge in [0.05, 0.1) is 16.6 Å². The Morgan fingerprint density at radius 1 is 1.32 bits per heavy atom. The van der Waals surface area contributed by atoms with Gasteiger partial charge < -0.3 is 5.32 Å². The zero-order chi connectivity index (χ0) is 13.8. The lowest BCUT2D eigenvalue weighted by Crippen LogP contribution is -2.26. The summed E-state index contributed by atoms with van der Waals surface area (Å²) in [5.41, 5.74) is 1.19. The molecule has 1 heterocycles. The van der Waals surface area contributed by atoms with Gasteiger partial charge in [-0.15, -0.1) is 0 Å². The fraction of sp³-hybridized carbons (Fsp3) is 0.143. The van der Waals surface area contributed by atoms with Crippen LogP contribution in [0.5, 0.6) is 0 Å². The summed E-state index contributed by atoms with van der Waals surface area (Å²) >= 11 is 5.84. The fourth-order valence-electron chi connectivity index (χ4n) is 1.68. The van der Waals surface area contributed by atoms with Crippen molar-refractivity contribution < 1.29 is 9.18 Å². The molecule has 0 aliphatic heterocycles. The molecule has 0 saturated heterocycles. The van der Waals surface area contributed by atoms with Crippen LogP contribution in [0, 0.1) is 5.82 Å². The number of amides is 1. The molecule has 0 aliphatic rings. The lowest BCUT2D eigenvalue weighted by Gasteiger charge is -2.14. The van der Waals surface area contributed by atoms with Gasteiger partial charge in [0, 0.05) is 12.4 Å². The lowest BCUT2D eigenvalue weighted by atomic mass is 10.1. The van der Waals surface area contributed by atoms with Crippen molar-refractivity contribution in [1.29, 1.82) is 0 Å². The number of halogens is 2. The van der Waals surface area contributed by atoms with Crippen LogP contribution in [0.15, 0.2) is 42.7 Å². The minimum Gasteiger partial charge on any atom is -0.345 e. The van der Waals surface area contributed by atoms with Gasteiger partial charge in [-0.25, -0.2) is 4.39 Å². The molecule has 0 spiro atoms. The van der Waals surface area contributed by atoms with Crippen molar-refractivity contribution in [3.63, 3.8) is 0 Å². The van der Waals surface area contributed by atoms with Crippen LogP contribution in [0.4, 0.5) is 4.39 Å². The molecule has 0 bridgehead atoms. The predicted molar refractivity (Wildman–Crippen MR) is 71.5 cm³/mol. The van der Waals surface area contributed by atoms with Gasteiger partial charge in [0.25, 0.3) is 5.91 Å². The summed E-state index contributed by atoms with van der Waals surface area (Å²) in [5, 5.41) is 2.90. The molecule has 0 radical (unpaired) electrons. The van der Waals surface area contributed by atoms with Gasteiger partial charge in [-0.1, -0.05) is 11.6 Å². The molecular weight excluding hydrogens is 267 g/mol. The van der Waals surface area contributed by atoms with Crippen molar-refractivity contribution in [3.05, 3.63) is 64.7 Å².